The van der Waals surface area contributed by atoms with Gasteiger partial charge in [-0.25, -0.2) is 9.78 Å². The maximum atomic E-state index is 11.9. The van der Waals surface area contributed by atoms with Gasteiger partial charge in [0, 0.05) is 10.8 Å². The monoisotopic (exact) mass is 385 g/mol. The zero-order valence-corrected chi connectivity index (χ0v) is 14.3. The number of fused-ring (bicyclic) bond motifs is 1. The van der Waals surface area contributed by atoms with E-state index in [-0.39, 0.29) is 11.2 Å². The molecular weight excluding hydrogens is 381 g/mol. The van der Waals surface area contributed by atoms with E-state index in [2.05, 4.69) is 15.1 Å². The summed E-state index contributed by atoms with van der Waals surface area (Å²) < 4.78 is 1.04. The highest BCUT2D eigenvalue weighted by molar-refractivity contribution is 7.98. The number of hydrogen-bond acceptors (Lipinski definition) is 5. The Morgan fingerprint density at radius 3 is 2.74 bits per heavy atom. The van der Waals surface area contributed by atoms with Crippen LogP contribution in [0.25, 0.3) is 5.65 Å². The average Bonchev–Trinajstić information content (AvgIpc) is 2.93. The SMILES string of the molecule is N#Cc1cnn2c(=O)[nH]c(SCc3cc(Cl)c(Cl)cc3Cl)nc12. The molecule has 2 heterocycles. The predicted octanol–water partition coefficient (Wildman–Crippen LogP) is 3.54. The first kappa shape index (κ1) is 16.1. The number of nitrogens with zero attached hydrogens (tertiary/aromatic N) is 4. The minimum atomic E-state index is -0.473. The predicted molar refractivity (Wildman–Crippen MR) is 89.4 cm³/mol. The van der Waals surface area contributed by atoms with Gasteiger partial charge >= 0.3 is 5.69 Å². The molecule has 3 aromatic rings. The minimum Gasteiger partial charge on any atom is -0.285 e. The number of rotatable bonds is 3. The van der Waals surface area contributed by atoms with Crippen LogP contribution < -0.4 is 5.69 Å². The Hall–Kier alpha value is -1.72. The summed E-state index contributed by atoms with van der Waals surface area (Å²) in [5, 5.41) is 14.4. The van der Waals surface area contributed by atoms with Gasteiger partial charge in [0.2, 0.25) is 0 Å². The van der Waals surface area contributed by atoms with Crippen LogP contribution in [0.4, 0.5) is 0 Å². The van der Waals surface area contributed by atoms with Crippen molar-refractivity contribution in [1.29, 1.82) is 5.26 Å². The first-order valence-electron chi connectivity index (χ1n) is 6.14. The smallest absolute Gasteiger partial charge is 0.285 e. The van der Waals surface area contributed by atoms with E-state index in [0.29, 0.717) is 26.0 Å². The highest BCUT2D eigenvalue weighted by Crippen LogP contribution is 2.32. The highest BCUT2D eigenvalue weighted by atomic mass is 35.5. The number of aromatic amines is 1. The number of aromatic nitrogens is 4. The first-order chi connectivity index (χ1) is 11.0. The summed E-state index contributed by atoms with van der Waals surface area (Å²) in [6.45, 7) is 0. The van der Waals surface area contributed by atoms with Crippen LogP contribution in [-0.2, 0) is 5.75 Å². The summed E-state index contributed by atoms with van der Waals surface area (Å²) >= 11 is 19.2. The number of benzene rings is 1. The summed E-state index contributed by atoms with van der Waals surface area (Å²) in [5.74, 6) is 0.421. The van der Waals surface area contributed by atoms with E-state index in [4.69, 9.17) is 40.1 Å². The molecule has 0 aliphatic heterocycles. The Morgan fingerprint density at radius 1 is 1.26 bits per heavy atom. The fraction of sp³-hybridized carbons (Fsp3) is 0.0769. The molecule has 0 aliphatic carbocycles. The maximum absolute atomic E-state index is 11.9. The zero-order valence-electron chi connectivity index (χ0n) is 11.2. The number of H-pyrrole nitrogens is 1. The minimum absolute atomic E-state index is 0.207. The van der Waals surface area contributed by atoms with Gasteiger partial charge in [0.15, 0.2) is 10.8 Å². The second-order valence-corrected chi connectivity index (χ2v) is 6.58. The molecule has 0 atom stereocenters. The molecule has 0 fully saturated rings. The molecule has 0 unspecified atom stereocenters. The van der Waals surface area contributed by atoms with Crippen molar-refractivity contribution in [3.8, 4) is 6.07 Å². The lowest BCUT2D eigenvalue weighted by Crippen LogP contribution is -2.19. The van der Waals surface area contributed by atoms with Crippen molar-refractivity contribution < 1.29 is 0 Å². The molecule has 0 bridgehead atoms. The van der Waals surface area contributed by atoms with E-state index in [0.717, 1.165) is 10.1 Å². The van der Waals surface area contributed by atoms with Gasteiger partial charge in [-0.2, -0.15) is 14.9 Å². The molecule has 116 valence electrons. The molecule has 1 aromatic carbocycles. The van der Waals surface area contributed by atoms with Gasteiger partial charge < -0.3 is 0 Å². The van der Waals surface area contributed by atoms with Crippen LogP contribution in [0, 0.1) is 11.3 Å². The Bertz CT molecular complexity index is 1010. The molecule has 0 saturated carbocycles. The zero-order chi connectivity index (χ0) is 16.6. The van der Waals surface area contributed by atoms with Crippen molar-refractivity contribution in [1.82, 2.24) is 19.6 Å². The molecule has 1 N–H and O–H groups in total. The summed E-state index contributed by atoms with van der Waals surface area (Å²) in [4.78, 5) is 18.7. The van der Waals surface area contributed by atoms with Crippen LogP contribution in [-0.4, -0.2) is 19.6 Å². The molecule has 0 spiro atoms. The fourth-order valence-corrected chi connectivity index (χ4v) is 3.39. The third kappa shape index (κ3) is 3.16. The van der Waals surface area contributed by atoms with Gasteiger partial charge in [-0.1, -0.05) is 46.6 Å². The highest BCUT2D eigenvalue weighted by Gasteiger charge is 2.12. The van der Waals surface area contributed by atoms with E-state index in [1.165, 1.54) is 18.0 Å². The molecule has 0 saturated heterocycles. The van der Waals surface area contributed by atoms with Gasteiger partial charge in [-0.15, -0.1) is 0 Å². The topological polar surface area (TPSA) is 86.8 Å². The third-order valence-electron chi connectivity index (χ3n) is 2.93. The molecule has 10 heteroatoms. The Morgan fingerprint density at radius 2 is 2.00 bits per heavy atom. The lowest BCUT2D eigenvalue weighted by Gasteiger charge is -2.06. The quantitative estimate of drug-likeness (QED) is 0.549. The second kappa shape index (κ2) is 6.42. The van der Waals surface area contributed by atoms with E-state index >= 15 is 0 Å². The van der Waals surface area contributed by atoms with Gasteiger partial charge in [0.1, 0.15) is 11.6 Å². The van der Waals surface area contributed by atoms with Gasteiger partial charge in [0.05, 0.1) is 16.2 Å². The molecule has 0 amide bonds. The summed E-state index contributed by atoms with van der Waals surface area (Å²) in [7, 11) is 0. The van der Waals surface area contributed by atoms with Crippen LogP contribution in [0.3, 0.4) is 0 Å². The van der Waals surface area contributed by atoms with Gasteiger partial charge in [-0.05, 0) is 17.7 Å². The standard InChI is InChI=1S/C13H6Cl3N5OS/c14-8-2-10(16)9(15)1-6(8)5-23-12-19-11-7(3-17)4-18-21(11)13(22)20-12/h1-2,4H,5H2,(H,19,20,22). The number of thioether (sulfide) groups is 1. The molecule has 3 rings (SSSR count). The average molecular weight is 387 g/mol. The van der Waals surface area contributed by atoms with E-state index in [9.17, 15) is 4.79 Å². The molecular formula is C13H6Cl3N5OS. The van der Waals surface area contributed by atoms with Crippen LogP contribution >= 0.6 is 46.6 Å². The Labute approximate surface area is 149 Å². The number of nitrogens with one attached hydrogen (secondary N) is 1. The van der Waals surface area contributed by atoms with Crippen molar-refractivity contribution in [2.75, 3.05) is 0 Å². The van der Waals surface area contributed by atoms with Gasteiger partial charge in [-0.3, -0.25) is 4.98 Å². The number of nitriles is 1. The van der Waals surface area contributed by atoms with Gasteiger partial charge in [0.25, 0.3) is 0 Å². The van der Waals surface area contributed by atoms with Crippen LogP contribution in [0.1, 0.15) is 11.1 Å². The molecule has 23 heavy (non-hydrogen) atoms. The van der Waals surface area contributed by atoms with Crippen LogP contribution in [0.5, 0.6) is 0 Å². The van der Waals surface area contributed by atoms with Crippen LogP contribution in [0.15, 0.2) is 28.3 Å². The van der Waals surface area contributed by atoms with Crippen molar-refractivity contribution in [2.45, 2.75) is 10.9 Å². The van der Waals surface area contributed by atoms with E-state index in [1.54, 1.807) is 12.1 Å². The molecule has 6 nitrogen and oxygen atoms in total. The summed E-state index contributed by atoms with van der Waals surface area (Å²) in [6.07, 6.45) is 1.29. The lowest BCUT2D eigenvalue weighted by atomic mass is 10.2. The first-order valence-corrected chi connectivity index (χ1v) is 8.26. The van der Waals surface area contributed by atoms with Crippen LogP contribution in [0.2, 0.25) is 15.1 Å². The number of halogens is 3. The van der Waals surface area contributed by atoms with Crippen molar-refractivity contribution in [3.63, 3.8) is 0 Å². The summed E-state index contributed by atoms with van der Waals surface area (Å²) in [5.41, 5.74) is 0.714. The third-order valence-corrected chi connectivity index (χ3v) is 4.93. The summed E-state index contributed by atoms with van der Waals surface area (Å²) in [6, 6.07) is 5.16. The largest absolute Gasteiger partial charge is 0.350 e. The van der Waals surface area contributed by atoms with Crippen molar-refractivity contribution >= 4 is 52.2 Å². The normalized spacial score (nSPS) is 10.9. The Kier molecular flexibility index (Phi) is 4.50. The lowest BCUT2D eigenvalue weighted by molar-refractivity contribution is 0.786. The molecule has 0 radical (unpaired) electrons. The molecule has 0 aliphatic rings. The molecule has 2 aromatic heterocycles. The fourth-order valence-electron chi connectivity index (χ4n) is 1.83. The Balaban J connectivity index is 1.92. The van der Waals surface area contributed by atoms with Crippen molar-refractivity contribution in [3.05, 3.63) is 55.0 Å². The maximum Gasteiger partial charge on any atom is 0.350 e. The van der Waals surface area contributed by atoms with Crippen molar-refractivity contribution in [2.24, 2.45) is 0 Å². The second-order valence-electron chi connectivity index (χ2n) is 4.40. The number of hydrogen-bond donors (Lipinski definition) is 1. The van der Waals surface area contributed by atoms with E-state index in [1.807, 2.05) is 6.07 Å². The van der Waals surface area contributed by atoms with E-state index < -0.39 is 5.69 Å².